The van der Waals surface area contributed by atoms with Crippen molar-refractivity contribution in [3.05, 3.63) is 65.0 Å². The van der Waals surface area contributed by atoms with Crippen LogP contribution < -0.4 is 10.5 Å². The molecule has 124 valence electrons. The van der Waals surface area contributed by atoms with Crippen LogP contribution in [0.3, 0.4) is 0 Å². The Bertz CT molecular complexity index is 979. The van der Waals surface area contributed by atoms with Crippen LogP contribution in [0.5, 0.6) is 5.75 Å². The zero-order chi connectivity index (χ0) is 17.4. The van der Waals surface area contributed by atoms with Gasteiger partial charge >= 0.3 is 35.5 Å². The number of aromatic carboxylic acids is 1. The zero-order valence-electron chi connectivity index (χ0n) is 13.2. The molecular formula is C18H17N2NaO4. The fourth-order valence-electron chi connectivity index (χ4n) is 2.86. The molecule has 0 saturated heterocycles. The second-order valence-corrected chi connectivity index (χ2v) is 5.40. The molecule has 3 N–H and O–H groups in total. The molecule has 0 bridgehead atoms. The van der Waals surface area contributed by atoms with E-state index < -0.39 is 5.97 Å². The van der Waals surface area contributed by atoms with Crippen molar-refractivity contribution in [3.63, 3.8) is 0 Å². The van der Waals surface area contributed by atoms with Gasteiger partial charge in [-0.15, -0.1) is 0 Å². The molecule has 7 heteroatoms. The number of fused-ring (bicyclic) bond motifs is 1. The molecule has 25 heavy (non-hydrogen) atoms. The van der Waals surface area contributed by atoms with E-state index in [0.717, 1.165) is 5.52 Å². The van der Waals surface area contributed by atoms with Crippen molar-refractivity contribution in [2.45, 2.75) is 6.92 Å². The van der Waals surface area contributed by atoms with E-state index >= 15 is 0 Å². The normalized spacial score (nSPS) is 10.3. The predicted octanol–water partition coefficient (Wildman–Crippen LogP) is 2.12. The zero-order valence-corrected chi connectivity index (χ0v) is 13.2. The van der Waals surface area contributed by atoms with Gasteiger partial charge in [-0.1, -0.05) is 6.07 Å². The average Bonchev–Trinajstić information content (AvgIpc) is 2.85. The summed E-state index contributed by atoms with van der Waals surface area (Å²) in [5, 5.41) is 9.19. The molecule has 2 aromatic heterocycles. The Kier molecular flexibility index (Phi) is 5.57. The van der Waals surface area contributed by atoms with E-state index in [2.05, 4.69) is 0 Å². The average molecular weight is 348 g/mol. The van der Waals surface area contributed by atoms with Gasteiger partial charge in [0.1, 0.15) is 11.4 Å². The SMILES string of the molecule is COc1c(C)c(C(=O)c2ccc(N)c(C(=O)O)c2)n2ccccc12.[NaH]. The molecule has 0 radical (unpaired) electrons. The Labute approximate surface area is 166 Å². The number of benzene rings is 1. The number of pyridine rings is 1. The summed E-state index contributed by atoms with van der Waals surface area (Å²) in [7, 11) is 1.55. The second kappa shape index (κ2) is 7.31. The molecule has 3 rings (SSSR count). The number of nitrogens with zero attached hydrogens (tertiary/aromatic N) is 1. The number of anilines is 1. The fourth-order valence-corrected chi connectivity index (χ4v) is 2.86. The third kappa shape index (κ3) is 3.16. The molecule has 3 aromatic rings. The Morgan fingerprint density at radius 3 is 2.56 bits per heavy atom. The van der Waals surface area contributed by atoms with Crippen LogP contribution in [-0.4, -0.2) is 57.9 Å². The van der Waals surface area contributed by atoms with Gasteiger partial charge in [0.25, 0.3) is 0 Å². The quantitative estimate of drug-likeness (QED) is 0.428. The molecular weight excluding hydrogens is 331 g/mol. The van der Waals surface area contributed by atoms with Crippen molar-refractivity contribution in [2.24, 2.45) is 0 Å². The standard InChI is InChI=1S/C18H16N2O4.Na.H/c1-10-15(20-8-4-3-5-14(20)17(10)24-2)16(21)11-6-7-13(19)12(9-11)18(22)23;;/h3-9H,19H2,1-2H3,(H,22,23);;. The minimum atomic E-state index is -1.17. The van der Waals surface area contributed by atoms with Crippen molar-refractivity contribution in [1.82, 2.24) is 4.40 Å². The van der Waals surface area contributed by atoms with E-state index in [1.165, 1.54) is 18.2 Å². The van der Waals surface area contributed by atoms with E-state index in [9.17, 15) is 14.7 Å². The number of hydrogen-bond acceptors (Lipinski definition) is 4. The van der Waals surface area contributed by atoms with Crippen molar-refractivity contribution < 1.29 is 19.4 Å². The fraction of sp³-hybridized carbons (Fsp3) is 0.111. The van der Waals surface area contributed by atoms with E-state index in [-0.39, 0.29) is 52.2 Å². The molecule has 0 spiro atoms. The Morgan fingerprint density at radius 2 is 1.92 bits per heavy atom. The minimum absolute atomic E-state index is 0. The van der Waals surface area contributed by atoms with Crippen LogP contribution in [0.4, 0.5) is 5.69 Å². The first-order chi connectivity index (χ1) is 11.5. The van der Waals surface area contributed by atoms with Crippen LogP contribution in [0, 0.1) is 6.92 Å². The Morgan fingerprint density at radius 1 is 1.20 bits per heavy atom. The van der Waals surface area contributed by atoms with Gasteiger partial charge in [-0.2, -0.15) is 0 Å². The summed E-state index contributed by atoms with van der Waals surface area (Å²) < 4.78 is 7.16. The molecule has 0 aliphatic carbocycles. The van der Waals surface area contributed by atoms with Gasteiger partial charge in [0.15, 0.2) is 0 Å². The molecule has 6 nitrogen and oxygen atoms in total. The first kappa shape index (κ1) is 19.1. The third-order valence-electron chi connectivity index (χ3n) is 3.99. The number of aromatic nitrogens is 1. The first-order valence-corrected chi connectivity index (χ1v) is 7.27. The van der Waals surface area contributed by atoms with Gasteiger partial charge in [0.05, 0.1) is 18.2 Å². The monoisotopic (exact) mass is 348 g/mol. The van der Waals surface area contributed by atoms with Crippen molar-refractivity contribution >= 4 is 52.5 Å². The molecule has 2 heterocycles. The summed E-state index contributed by atoms with van der Waals surface area (Å²) >= 11 is 0. The Hall–Kier alpha value is -2.28. The van der Waals surface area contributed by atoms with Crippen molar-refractivity contribution in [1.29, 1.82) is 0 Å². The van der Waals surface area contributed by atoms with Crippen LogP contribution in [0.15, 0.2) is 42.6 Å². The maximum atomic E-state index is 13.0. The number of carbonyl (C=O) groups excluding carboxylic acids is 1. The summed E-state index contributed by atoms with van der Waals surface area (Å²) in [5.74, 6) is -0.844. The van der Waals surface area contributed by atoms with Crippen LogP contribution >= 0.6 is 0 Å². The summed E-state index contributed by atoms with van der Waals surface area (Å²) in [6, 6.07) is 9.78. The van der Waals surface area contributed by atoms with Gasteiger partial charge in [0, 0.05) is 23.0 Å². The third-order valence-corrected chi connectivity index (χ3v) is 3.99. The number of hydrogen-bond donors (Lipinski definition) is 2. The molecule has 0 amide bonds. The molecule has 0 atom stereocenters. The first-order valence-electron chi connectivity index (χ1n) is 7.27. The van der Waals surface area contributed by atoms with Crippen LogP contribution in [0.25, 0.3) is 5.52 Å². The van der Waals surface area contributed by atoms with Gasteiger partial charge in [0.2, 0.25) is 5.78 Å². The van der Waals surface area contributed by atoms with E-state index in [0.29, 0.717) is 17.0 Å². The molecule has 0 aliphatic heterocycles. The number of carbonyl (C=O) groups is 2. The number of rotatable bonds is 4. The number of carboxylic acid groups (broad SMARTS) is 1. The number of ketones is 1. The number of nitrogens with two attached hydrogens (primary N) is 1. The van der Waals surface area contributed by atoms with Gasteiger partial charge in [-0.05, 0) is 37.3 Å². The predicted molar refractivity (Wildman–Crippen MR) is 97.1 cm³/mol. The Balaban J connectivity index is 0.00000225. The van der Waals surface area contributed by atoms with Crippen molar-refractivity contribution in [3.8, 4) is 5.75 Å². The van der Waals surface area contributed by atoms with Gasteiger partial charge < -0.3 is 20.0 Å². The second-order valence-electron chi connectivity index (χ2n) is 5.40. The molecule has 0 unspecified atom stereocenters. The summed E-state index contributed by atoms with van der Waals surface area (Å²) in [5.41, 5.74) is 7.85. The molecule has 0 aliphatic rings. The van der Waals surface area contributed by atoms with Crippen LogP contribution in [-0.2, 0) is 0 Å². The molecule has 1 aromatic carbocycles. The van der Waals surface area contributed by atoms with Crippen molar-refractivity contribution in [2.75, 3.05) is 12.8 Å². The number of ether oxygens (including phenoxy) is 1. The van der Waals surface area contributed by atoms with Crippen LogP contribution in [0.1, 0.15) is 32.0 Å². The summed E-state index contributed by atoms with van der Waals surface area (Å²) in [4.78, 5) is 24.2. The number of methoxy groups -OCH3 is 1. The number of carboxylic acids is 1. The summed E-state index contributed by atoms with van der Waals surface area (Å²) in [6.07, 6.45) is 1.77. The van der Waals surface area contributed by atoms with Crippen LogP contribution in [0.2, 0.25) is 0 Å². The van der Waals surface area contributed by atoms with Gasteiger partial charge in [-0.25, -0.2) is 4.79 Å². The van der Waals surface area contributed by atoms with Gasteiger partial charge in [-0.3, -0.25) is 4.79 Å². The topological polar surface area (TPSA) is 94.0 Å². The molecule has 0 fully saturated rings. The maximum absolute atomic E-state index is 13.0. The summed E-state index contributed by atoms with van der Waals surface area (Å²) in [6.45, 7) is 1.80. The number of nitrogen functional groups attached to an aromatic ring is 1. The molecule has 0 saturated carbocycles. The van der Waals surface area contributed by atoms with E-state index in [1.807, 2.05) is 18.2 Å². The van der Waals surface area contributed by atoms with E-state index in [4.69, 9.17) is 10.5 Å². The van der Waals surface area contributed by atoms with E-state index in [1.54, 1.807) is 24.6 Å².